The Morgan fingerprint density at radius 1 is 1.27 bits per heavy atom. The van der Waals surface area contributed by atoms with Crippen LogP contribution in [0.15, 0.2) is 5.29 Å². The van der Waals surface area contributed by atoms with E-state index in [2.05, 4.69) is 5.29 Å². The van der Waals surface area contributed by atoms with Crippen molar-refractivity contribution in [3.05, 3.63) is 4.91 Å². The SMILES string of the molecule is CSCC[C@@H](C(=O)O)N(CC(=O)[C@@H](O)[C@H](O)[C@H](O)CO)N=O. The third-order valence-corrected chi connectivity index (χ3v) is 3.54. The zero-order chi connectivity index (χ0) is 17.3. The maximum Gasteiger partial charge on any atom is 0.328 e. The molecule has 4 atom stereocenters. The van der Waals surface area contributed by atoms with Crippen LogP contribution in [0.25, 0.3) is 0 Å². The Kier molecular flexibility index (Phi) is 9.85. The smallest absolute Gasteiger partial charge is 0.328 e. The van der Waals surface area contributed by atoms with E-state index in [4.69, 9.17) is 15.3 Å². The van der Waals surface area contributed by atoms with Crippen molar-refractivity contribution in [3.63, 3.8) is 0 Å². The molecule has 0 radical (unpaired) electrons. The maximum atomic E-state index is 11.7. The summed E-state index contributed by atoms with van der Waals surface area (Å²) in [6, 6.07) is -1.35. The van der Waals surface area contributed by atoms with E-state index in [0.29, 0.717) is 10.8 Å². The average molecular weight is 340 g/mol. The normalized spacial score (nSPS) is 16.4. The molecule has 0 saturated carbocycles. The van der Waals surface area contributed by atoms with Gasteiger partial charge in [-0.15, -0.1) is 4.91 Å². The molecule has 0 saturated heterocycles. The van der Waals surface area contributed by atoms with Gasteiger partial charge in [0.2, 0.25) is 0 Å². The molecule has 0 amide bonds. The number of carbonyl (C=O) groups is 2. The summed E-state index contributed by atoms with van der Waals surface area (Å²) in [7, 11) is 0. The van der Waals surface area contributed by atoms with Crippen LogP contribution in [0.1, 0.15) is 6.42 Å². The van der Waals surface area contributed by atoms with E-state index in [9.17, 15) is 24.7 Å². The van der Waals surface area contributed by atoms with Gasteiger partial charge in [0.15, 0.2) is 5.78 Å². The number of aliphatic hydroxyl groups excluding tert-OH is 4. The molecule has 0 aromatic carbocycles. The molecule has 0 unspecified atom stereocenters. The van der Waals surface area contributed by atoms with Crippen LogP contribution in [0.3, 0.4) is 0 Å². The van der Waals surface area contributed by atoms with Gasteiger partial charge in [0.1, 0.15) is 30.9 Å². The number of hydrogen-bond acceptors (Lipinski definition) is 9. The van der Waals surface area contributed by atoms with Crippen LogP contribution in [0.5, 0.6) is 0 Å². The fourth-order valence-corrected chi connectivity index (χ4v) is 2.05. The van der Waals surface area contributed by atoms with Crippen molar-refractivity contribution in [1.82, 2.24) is 5.01 Å². The van der Waals surface area contributed by atoms with E-state index < -0.39 is 49.3 Å². The molecule has 10 nitrogen and oxygen atoms in total. The predicted octanol–water partition coefficient (Wildman–Crippen LogP) is -2.18. The van der Waals surface area contributed by atoms with E-state index in [1.54, 1.807) is 6.26 Å². The molecular formula is C11H20N2O8S. The van der Waals surface area contributed by atoms with Crippen molar-refractivity contribution in [3.8, 4) is 0 Å². The van der Waals surface area contributed by atoms with Gasteiger partial charge in [-0.1, -0.05) is 0 Å². The van der Waals surface area contributed by atoms with Crippen molar-refractivity contribution in [2.45, 2.75) is 30.8 Å². The minimum Gasteiger partial charge on any atom is -0.480 e. The number of aliphatic hydroxyl groups is 4. The standard InChI is InChI=1S/C11H20N2O8S/c1-22-3-2-6(11(19)20)13(12-21)4-7(15)9(17)10(18)8(16)5-14/h6,8-10,14,16-18H,2-5H2,1H3,(H,19,20)/t6-,8+,9+,10+/m0/s1. The number of nitrogens with zero attached hydrogens (tertiary/aromatic N) is 2. The summed E-state index contributed by atoms with van der Waals surface area (Å²) in [6.07, 6.45) is -4.00. The Bertz CT molecular complexity index is 383. The molecule has 0 aromatic heterocycles. The van der Waals surface area contributed by atoms with Gasteiger partial charge in [-0.25, -0.2) is 9.80 Å². The van der Waals surface area contributed by atoms with Gasteiger partial charge in [-0.2, -0.15) is 11.8 Å². The first-order valence-electron chi connectivity index (χ1n) is 6.29. The quantitative estimate of drug-likeness (QED) is 0.194. The fourth-order valence-electron chi connectivity index (χ4n) is 1.59. The van der Waals surface area contributed by atoms with Gasteiger partial charge < -0.3 is 25.5 Å². The predicted molar refractivity (Wildman–Crippen MR) is 77.0 cm³/mol. The van der Waals surface area contributed by atoms with Crippen molar-refractivity contribution < 1.29 is 35.1 Å². The van der Waals surface area contributed by atoms with Crippen LogP contribution in [0.4, 0.5) is 0 Å². The maximum absolute atomic E-state index is 11.7. The van der Waals surface area contributed by atoms with Crippen molar-refractivity contribution in [2.24, 2.45) is 5.29 Å². The lowest BCUT2D eigenvalue weighted by atomic mass is 10.0. The highest BCUT2D eigenvalue weighted by atomic mass is 32.2. The molecule has 0 spiro atoms. The highest BCUT2D eigenvalue weighted by molar-refractivity contribution is 7.98. The molecule has 0 aromatic rings. The number of carboxylic acids is 1. The first-order chi connectivity index (χ1) is 10.3. The lowest BCUT2D eigenvalue weighted by Gasteiger charge is -2.25. The number of rotatable bonds is 12. The molecule has 11 heteroatoms. The van der Waals surface area contributed by atoms with E-state index in [-0.39, 0.29) is 6.42 Å². The number of aliphatic carboxylic acids is 1. The summed E-state index contributed by atoms with van der Waals surface area (Å²) < 4.78 is 0. The first kappa shape index (κ1) is 20.7. The zero-order valence-corrected chi connectivity index (χ0v) is 12.7. The van der Waals surface area contributed by atoms with E-state index >= 15 is 0 Å². The van der Waals surface area contributed by atoms with Gasteiger partial charge in [0.05, 0.1) is 11.9 Å². The average Bonchev–Trinajstić information content (AvgIpc) is 2.50. The van der Waals surface area contributed by atoms with Gasteiger partial charge in [-0.3, -0.25) is 4.79 Å². The van der Waals surface area contributed by atoms with Gasteiger partial charge >= 0.3 is 5.97 Å². The Morgan fingerprint density at radius 3 is 2.27 bits per heavy atom. The molecule has 22 heavy (non-hydrogen) atoms. The summed E-state index contributed by atoms with van der Waals surface area (Å²) >= 11 is 1.34. The summed E-state index contributed by atoms with van der Waals surface area (Å²) in [5.41, 5.74) is 0. The highest BCUT2D eigenvalue weighted by Gasteiger charge is 2.34. The van der Waals surface area contributed by atoms with Gasteiger partial charge in [0, 0.05) is 0 Å². The number of ketones is 1. The monoisotopic (exact) mass is 340 g/mol. The summed E-state index contributed by atoms with van der Waals surface area (Å²) in [4.78, 5) is 33.6. The second-order valence-electron chi connectivity index (χ2n) is 4.47. The van der Waals surface area contributed by atoms with Crippen LogP contribution >= 0.6 is 11.8 Å². The Morgan fingerprint density at radius 2 is 1.86 bits per heavy atom. The van der Waals surface area contributed by atoms with Crippen LogP contribution in [0, 0.1) is 4.91 Å². The van der Waals surface area contributed by atoms with Crippen LogP contribution in [0.2, 0.25) is 0 Å². The molecule has 0 rings (SSSR count). The number of Topliss-reactive ketones (excluding diaryl/α,β-unsaturated/α-hetero) is 1. The molecule has 0 heterocycles. The number of thioether (sulfide) groups is 1. The minimum absolute atomic E-state index is 0.0490. The topological polar surface area (TPSA) is 168 Å². The summed E-state index contributed by atoms with van der Waals surface area (Å²) in [6.45, 7) is -1.72. The number of carboxylic acid groups (broad SMARTS) is 1. The Labute approximate surface area is 130 Å². The Hall–Kier alpha value is -1.27. The zero-order valence-electron chi connectivity index (χ0n) is 11.9. The second-order valence-corrected chi connectivity index (χ2v) is 5.45. The highest BCUT2D eigenvalue weighted by Crippen LogP contribution is 2.11. The fraction of sp³-hybridized carbons (Fsp3) is 0.818. The number of nitroso groups, excluding NO2 is 1. The molecule has 5 N–H and O–H groups in total. The molecular weight excluding hydrogens is 320 g/mol. The Balaban J connectivity index is 4.86. The molecule has 128 valence electrons. The van der Waals surface area contributed by atoms with E-state index in [1.165, 1.54) is 11.8 Å². The number of hydrogen-bond donors (Lipinski definition) is 5. The second kappa shape index (κ2) is 10.5. The van der Waals surface area contributed by atoms with E-state index in [0.717, 1.165) is 0 Å². The van der Waals surface area contributed by atoms with Gasteiger partial charge in [0.25, 0.3) is 0 Å². The lowest BCUT2D eigenvalue weighted by Crippen LogP contribution is -2.49. The molecule has 0 fully saturated rings. The van der Waals surface area contributed by atoms with Crippen molar-refractivity contribution >= 4 is 23.5 Å². The van der Waals surface area contributed by atoms with Crippen LogP contribution < -0.4 is 0 Å². The molecule has 0 aliphatic carbocycles. The molecule has 0 bridgehead atoms. The lowest BCUT2D eigenvalue weighted by molar-refractivity contribution is -0.147. The van der Waals surface area contributed by atoms with Crippen LogP contribution in [-0.2, 0) is 9.59 Å². The van der Waals surface area contributed by atoms with Crippen molar-refractivity contribution in [1.29, 1.82) is 0 Å². The summed E-state index contributed by atoms with van der Waals surface area (Å²) in [5, 5.41) is 48.7. The summed E-state index contributed by atoms with van der Waals surface area (Å²) in [5.74, 6) is -2.05. The third-order valence-electron chi connectivity index (χ3n) is 2.90. The van der Waals surface area contributed by atoms with Gasteiger partial charge in [-0.05, 0) is 18.4 Å². The molecule has 0 aliphatic rings. The minimum atomic E-state index is -2.08. The third kappa shape index (κ3) is 6.23. The van der Waals surface area contributed by atoms with Crippen molar-refractivity contribution in [2.75, 3.05) is 25.2 Å². The number of carbonyl (C=O) groups excluding carboxylic acids is 1. The van der Waals surface area contributed by atoms with E-state index in [1.807, 2.05) is 0 Å². The van der Waals surface area contributed by atoms with Crippen LogP contribution in [-0.4, -0.2) is 91.8 Å². The first-order valence-corrected chi connectivity index (χ1v) is 7.68. The largest absolute Gasteiger partial charge is 0.480 e. The molecule has 0 aliphatic heterocycles.